The normalized spacial score (nSPS) is 21.5. The van der Waals surface area contributed by atoms with Crippen molar-refractivity contribution in [3.05, 3.63) is 71.4 Å². The van der Waals surface area contributed by atoms with E-state index in [1.807, 2.05) is 63.5 Å². The van der Waals surface area contributed by atoms with Gasteiger partial charge >= 0.3 is 0 Å². The van der Waals surface area contributed by atoms with E-state index in [1.54, 1.807) is 35.6 Å². The van der Waals surface area contributed by atoms with Crippen LogP contribution in [0.25, 0.3) is 21.7 Å². The van der Waals surface area contributed by atoms with E-state index in [0.29, 0.717) is 43.0 Å². The van der Waals surface area contributed by atoms with E-state index in [2.05, 4.69) is 31.1 Å². The van der Waals surface area contributed by atoms with Crippen LogP contribution >= 0.6 is 11.3 Å². The fourth-order valence-electron chi connectivity index (χ4n) is 9.64. The highest BCUT2D eigenvalue weighted by Crippen LogP contribution is 2.73. The fraction of sp³-hybridized carbons (Fsp3) is 0.531. The van der Waals surface area contributed by atoms with Crippen molar-refractivity contribution in [2.45, 2.75) is 129 Å². The standard InChI is InChI=1S/C49H64N8O7S/c1-31-41(65-30-53-31)33-19-17-32(18-20-33)24-52-44(61)37-22-34(58)25-57(37)45(62)42(47(2,3)4)54-40(60)16-10-8-6-5-7-9-13-21-51-46(63)49-26-48(27-49,28-49)29-64-39-23-36(55-56-43(39)50)35-14-11-12-15-38(35)59/h11-12,14-15,17-20,23,30,34,37,42,58-59H,5-10,13,16,21-22,24-29H2,1-4H3,(H2,50,56)(H,51,63)(H,52,61)(H,54,60)/t34-,37+,42-,48?,49?/m1/s1. The van der Waals surface area contributed by atoms with Gasteiger partial charge in [0.05, 0.1) is 34.2 Å². The number of likely N-dealkylation sites (tertiary alicyclic amines) is 1. The quantitative estimate of drug-likeness (QED) is 0.0498. The van der Waals surface area contributed by atoms with Gasteiger partial charge in [-0.15, -0.1) is 21.5 Å². The van der Waals surface area contributed by atoms with Crippen LogP contribution in [-0.4, -0.2) is 91.8 Å². The van der Waals surface area contributed by atoms with Crippen LogP contribution in [0.15, 0.2) is 60.1 Å². The minimum absolute atomic E-state index is 0.0284. The lowest BCUT2D eigenvalue weighted by Gasteiger charge is -2.68. The number of aromatic nitrogens is 3. The van der Waals surface area contributed by atoms with Gasteiger partial charge in [-0.2, -0.15) is 0 Å². The van der Waals surface area contributed by atoms with Crippen molar-refractivity contribution in [3.63, 3.8) is 0 Å². The number of para-hydroxylation sites is 1. The molecule has 0 radical (unpaired) electrons. The number of carbonyl (C=O) groups excluding carboxylic acids is 4. The summed E-state index contributed by atoms with van der Waals surface area (Å²) in [6.45, 7) is 9.04. The third-order valence-corrected chi connectivity index (χ3v) is 14.2. The van der Waals surface area contributed by atoms with Crippen LogP contribution < -0.4 is 26.4 Å². The molecule has 16 heteroatoms. The van der Waals surface area contributed by atoms with Crippen molar-refractivity contribution in [2.75, 3.05) is 25.4 Å². The number of aryl methyl sites for hydroxylation is 1. The zero-order chi connectivity index (χ0) is 46.4. The van der Waals surface area contributed by atoms with Crippen molar-refractivity contribution in [2.24, 2.45) is 16.2 Å². The molecule has 1 aliphatic heterocycles. The molecule has 4 amide bonds. The van der Waals surface area contributed by atoms with Gasteiger partial charge in [0.2, 0.25) is 23.6 Å². The molecule has 2 bridgehead atoms. The number of ether oxygens (including phenoxy) is 1. The minimum Gasteiger partial charge on any atom is -0.507 e. The van der Waals surface area contributed by atoms with E-state index >= 15 is 0 Å². The molecule has 0 spiro atoms. The van der Waals surface area contributed by atoms with Gasteiger partial charge < -0.3 is 41.5 Å². The van der Waals surface area contributed by atoms with Crippen molar-refractivity contribution < 1.29 is 34.1 Å². The maximum absolute atomic E-state index is 14.0. The molecule has 4 aromatic rings. The van der Waals surface area contributed by atoms with Crippen LogP contribution in [0.3, 0.4) is 0 Å². The van der Waals surface area contributed by atoms with E-state index in [0.717, 1.165) is 79.5 Å². The average molecular weight is 909 g/mol. The molecular weight excluding hydrogens is 845 g/mol. The average Bonchev–Trinajstić information content (AvgIpc) is 3.87. The first-order chi connectivity index (χ1) is 31.1. The summed E-state index contributed by atoms with van der Waals surface area (Å²) in [6.07, 6.45) is 8.54. The number of unbranched alkanes of at least 4 members (excludes halogenated alkanes) is 6. The number of nitrogens with one attached hydrogen (secondary N) is 3. The van der Waals surface area contributed by atoms with Crippen molar-refractivity contribution >= 4 is 40.8 Å². The van der Waals surface area contributed by atoms with Crippen molar-refractivity contribution in [3.8, 4) is 33.2 Å². The predicted octanol–water partition coefficient (Wildman–Crippen LogP) is 6.46. The first-order valence-electron chi connectivity index (χ1n) is 22.9. The molecule has 8 rings (SSSR count). The van der Waals surface area contributed by atoms with E-state index in [-0.39, 0.29) is 65.5 Å². The minimum atomic E-state index is -0.856. The van der Waals surface area contributed by atoms with Crippen LogP contribution in [0, 0.1) is 23.2 Å². The number of phenolic OH excluding ortho intramolecular Hbond substituents is 1. The molecule has 1 saturated heterocycles. The number of phenols is 1. The fourth-order valence-corrected chi connectivity index (χ4v) is 10.5. The van der Waals surface area contributed by atoms with Crippen molar-refractivity contribution in [1.29, 1.82) is 0 Å². The number of nitrogen functional groups attached to an aromatic ring is 1. The Balaban J connectivity index is 0.747. The summed E-state index contributed by atoms with van der Waals surface area (Å²) in [7, 11) is 0. The summed E-state index contributed by atoms with van der Waals surface area (Å²) >= 11 is 1.58. The summed E-state index contributed by atoms with van der Waals surface area (Å²) in [5, 5.41) is 38.0. The van der Waals surface area contributed by atoms with Gasteiger partial charge in [-0.1, -0.05) is 89.3 Å². The largest absolute Gasteiger partial charge is 0.507 e. The molecule has 348 valence electrons. The predicted molar refractivity (Wildman–Crippen MR) is 249 cm³/mol. The van der Waals surface area contributed by atoms with E-state index < -0.39 is 23.6 Å². The maximum atomic E-state index is 14.0. The zero-order valence-electron chi connectivity index (χ0n) is 38.0. The van der Waals surface area contributed by atoms with Crippen molar-refractivity contribution in [1.82, 2.24) is 36.0 Å². The lowest BCUT2D eigenvalue weighted by Crippen LogP contribution is -2.69. The Morgan fingerprint density at radius 3 is 2.32 bits per heavy atom. The van der Waals surface area contributed by atoms with Crippen LogP contribution in [0.2, 0.25) is 0 Å². The number of nitrogens with zero attached hydrogens (tertiary/aromatic N) is 4. The first-order valence-corrected chi connectivity index (χ1v) is 23.8. The SMILES string of the molecule is Cc1ncsc1-c1ccc(CNC(=O)[C@@H]2C[C@@H](O)CN2C(=O)[C@@H](NC(=O)CCCCCCCCCNC(=O)C23CC(COc4cc(-c5ccccc5O)nnc4N)(C2)C3)C(C)(C)C)cc1. The van der Waals surface area contributed by atoms with Gasteiger partial charge in [-0.3, -0.25) is 19.2 Å². The molecule has 3 aliphatic carbocycles. The maximum Gasteiger partial charge on any atom is 0.246 e. The van der Waals surface area contributed by atoms with E-state index in [9.17, 15) is 29.4 Å². The third-order valence-electron chi connectivity index (χ3n) is 13.2. The topological polar surface area (TPSA) is 222 Å². The molecule has 15 nitrogen and oxygen atoms in total. The highest BCUT2D eigenvalue weighted by molar-refractivity contribution is 7.13. The number of hydrogen-bond donors (Lipinski definition) is 6. The smallest absolute Gasteiger partial charge is 0.246 e. The monoisotopic (exact) mass is 908 g/mol. The molecule has 4 aliphatic rings. The molecule has 3 atom stereocenters. The molecule has 3 heterocycles. The Kier molecular flexibility index (Phi) is 14.8. The summed E-state index contributed by atoms with van der Waals surface area (Å²) in [5.41, 5.74) is 10.9. The molecule has 2 aromatic heterocycles. The second-order valence-corrected chi connectivity index (χ2v) is 20.4. The number of carbonyl (C=O) groups is 4. The number of hydrogen-bond acceptors (Lipinski definition) is 12. The molecule has 4 fully saturated rings. The summed E-state index contributed by atoms with van der Waals surface area (Å²) < 4.78 is 6.08. The Morgan fingerprint density at radius 1 is 0.954 bits per heavy atom. The number of anilines is 1. The molecule has 3 saturated carbocycles. The number of β-amino-alcohol motifs (C(OH)–C–C–N with tert-alkyl or cyclic N) is 1. The number of thiazole rings is 1. The number of nitrogens with two attached hydrogens (primary N) is 1. The van der Waals surface area contributed by atoms with Crippen LogP contribution in [0.5, 0.6) is 11.5 Å². The number of aliphatic hydroxyl groups excluding tert-OH is 1. The van der Waals surface area contributed by atoms with Gasteiger partial charge in [-0.25, -0.2) is 4.98 Å². The Labute approximate surface area is 385 Å². The van der Waals surface area contributed by atoms with Crippen LogP contribution in [0.4, 0.5) is 5.82 Å². The summed E-state index contributed by atoms with van der Waals surface area (Å²) in [4.78, 5) is 60.5. The Morgan fingerprint density at radius 2 is 1.65 bits per heavy atom. The van der Waals surface area contributed by atoms with Gasteiger partial charge in [0.15, 0.2) is 11.6 Å². The number of benzene rings is 2. The van der Waals surface area contributed by atoms with Gasteiger partial charge in [0, 0.05) is 49.5 Å². The number of aromatic hydroxyl groups is 1. The first kappa shape index (κ1) is 47.4. The van der Waals surface area contributed by atoms with Gasteiger partial charge in [-0.05, 0) is 67.7 Å². The van der Waals surface area contributed by atoms with Gasteiger partial charge in [0.1, 0.15) is 23.5 Å². The Hall–Kier alpha value is -5.61. The molecule has 0 unspecified atom stereocenters. The lowest BCUT2D eigenvalue weighted by atomic mass is 9.35. The molecule has 7 N–H and O–H groups in total. The highest BCUT2D eigenvalue weighted by Gasteiger charge is 2.71. The van der Waals surface area contributed by atoms with Crippen LogP contribution in [0.1, 0.15) is 109 Å². The summed E-state index contributed by atoms with van der Waals surface area (Å²) in [6, 6.07) is 14.8. The summed E-state index contributed by atoms with van der Waals surface area (Å²) in [5.74, 6) is -0.0850. The number of rotatable bonds is 21. The lowest BCUT2D eigenvalue weighted by molar-refractivity contribution is -0.217. The third kappa shape index (κ3) is 11.3. The zero-order valence-corrected chi connectivity index (χ0v) is 38.8. The molecule has 65 heavy (non-hydrogen) atoms. The number of amides is 4. The second kappa shape index (κ2) is 20.3. The van der Waals surface area contributed by atoms with Crippen LogP contribution in [-0.2, 0) is 25.7 Å². The highest BCUT2D eigenvalue weighted by atomic mass is 32.1. The van der Waals surface area contributed by atoms with E-state index in [4.69, 9.17) is 10.5 Å². The van der Waals surface area contributed by atoms with Gasteiger partial charge in [0.25, 0.3) is 0 Å². The number of aliphatic hydroxyl groups is 1. The second-order valence-electron chi connectivity index (χ2n) is 19.5. The molecular formula is C49H64N8O7S. The molecule has 2 aromatic carbocycles. The Bertz CT molecular complexity index is 2310. The van der Waals surface area contributed by atoms with E-state index in [1.165, 1.54) is 4.90 Å².